The summed E-state index contributed by atoms with van der Waals surface area (Å²) in [6.45, 7) is 9.51. The van der Waals surface area contributed by atoms with Gasteiger partial charge in [0.15, 0.2) is 0 Å². The quantitative estimate of drug-likeness (QED) is 0.784. The van der Waals surface area contributed by atoms with E-state index in [1.54, 1.807) is 0 Å². The number of fused-ring (bicyclic) bond motifs is 1. The second-order valence-corrected chi connectivity index (χ2v) is 6.16. The molecule has 0 saturated carbocycles. The number of carbonyl (C=O) groups is 1. The number of nitrogens with zero attached hydrogens (tertiary/aromatic N) is 4. The summed E-state index contributed by atoms with van der Waals surface area (Å²) < 4.78 is 3.98. The summed E-state index contributed by atoms with van der Waals surface area (Å²) in [7, 11) is 0. The van der Waals surface area contributed by atoms with E-state index in [-0.39, 0.29) is 11.9 Å². The van der Waals surface area contributed by atoms with Crippen LogP contribution in [0.25, 0.3) is 11.0 Å². The van der Waals surface area contributed by atoms with Crippen molar-refractivity contribution in [1.29, 1.82) is 0 Å². The zero-order valence-electron chi connectivity index (χ0n) is 14.6. The summed E-state index contributed by atoms with van der Waals surface area (Å²) in [6, 6.07) is 7.62. The zero-order valence-corrected chi connectivity index (χ0v) is 14.6. The summed E-state index contributed by atoms with van der Waals surface area (Å²) in [5, 5.41) is 7.37. The number of rotatable bonds is 5. The van der Waals surface area contributed by atoms with Gasteiger partial charge in [0.2, 0.25) is 0 Å². The molecule has 2 aromatic heterocycles. The minimum absolute atomic E-state index is 0.0116. The van der Waals surface area contributed by atoms with E-state index in [9.17, 15) is 4.79 Å². The van der Waals surface area contributed by atoms with Gasteiger partial charge in [0.25, 0.3) is 5.91 Å². The third kappa shape index (κ3) is 3.18. The second kappa shape index (κ2) is 6.47. The monoisotopic (exact) mass is 325 g/mol. The molecule has 0 spiro atoms. The number of hydrogen-bond donors (Lipinski definition) is 1. The van der Waals surface area contributed by atoms with E-state index in [0.717, 1.165) is 29.1 Å². The van der Waals surface area contributed by atoms with Gasteiger partial charge in [0.05, 0.1) is 23.3 Å². The van der Waals surface area contributed by atoms with Crippen LogP contribution >= 0.6 is 0 Å². The first-order valence-electron chi connectivity index (χ1n) is 8.25. The molecule has 0 aliphatic rings. The van der Waals surface area contributed by atoms with E-state index in [2.05, 4.69) is 26.9 Å². The summed E-state index contributed by atoms with van der Waals surface area (Å²) in [6.07, 6.45) is 1.92. The molecule has 3 rings (SSSR count). The molecule has 0 radical (unpaired) electrons. The van der Waals surface area contributed by atoms with E-state index in [1.807, 2.05) is 55.9 Å². The van der Waals surface area contributed by atoms with Crippen molar-refractivity contribution in [3.63, 3.8) is 0 Å². The first kappa shape index (κ1) is 16.2. The Balaban J connectivity index is 1.73. The van der Waals surface area contributed by atoms with Crippen molar-refractivity contribution in [2.45, 2.75) is 46.8 Å². The molecule has 1 aromatic carbocycles. The van der Waals surface area contributed by atoms with Gasteiger partial charge in [-0.2, -0.15) is 5.10 Å². The lowest BCUT2D eigenvalue weighted by Crippen LogP contribution is -2.35. The van der Waals surface area contributed by atoms with Gasteiger partial charge in [-0.05, 0) is 52.0 Å². The Hall–Kier alpha value is -2.63. The van der Waals surface area contributed by atoms with Crippen molar-refractivity contribution in [2.24, 2.45) is 0 Å². The van der Waals surface area contributed by atoms with Crippen LogP contribution in [0, 0.1) is 13.8 Å². The third-order valence-electron chi connectivity index (χ3n) is 4.13. The number of imidazole rings is 1. The minimum atomic E-state index is -0.0861. The fourth-order valence-electron chi connectivity index (χ4n) is 2.99. The Morgan fingerprint density at radius 2 is 2.08 bits per heavy atom. The normalized spacial score (nSPS) is 12.5. The number of hydrogen-bond acceptors (Lipinski definition) is 3. The SMILES string of the molecule is CCn1c(C)nc2cc(C(=O)NC(C)Cn3ccc(C)n3)ccc21. The average Bonchev–Trinajstić information content (AvgIpc) is 3.08. The smallest absolute Gasteiger partial charge is 0.251 e. The molecule has 1 unspecified atom stereocenters. The largest absolute Gasteiger partial charge is 0.348 e. The van der Waals surface area contributed by atoms with Gasteiger partial charge < -0.3 is 9.88 Å². The second-order valence-electron chi connectivity index (χ2n) is 6.16. The Kier molecular flexibility index (Phi) is 4.38. The van der Waals surface area contributed by atoms with Crippen LogP contribution in [0.2, 0.25) is 0 Å². The molecule has 0 saturated heterocycles. The summed E-state index contributed by atoms with van der Waals surface area (Å²) in [4.78, 5) is 17.0. The Morgan fingerprint density at radius 3 is 2.75 bits per heavy atom. The Morgan fingerprint density at radius 1 is 1.29 bits per heavy atom. The number of carbonyl (C=O) groups excluding carboxylic acids is 1. The summed E-state index contributed by atoms with van der Waals surface area (Å²) in [5.74, 6) is 0.879. The molecule has 0 aliphatic heterocycles. The zero-order chi connectivity index (χ0) is 17.3. The summed E-state index contributed by atoms with van der Waals surface area (Å²) in [5.41, 5.74) is 3.52. The average molecular weight is 325 g/mol. The predicted octanol–water partition coefficient (Wildman–Crippen LogP) is 2.69. The van der Waals surface area contributed by atoms with Crippen molar-refractivity contribution in [2.75, 3.05) is 0 Å². The maximum absolute atomic E-state index is 12.5. The number of nitrogens with one attached hydrogen (secondary N) is 1. The lowest BCUT2D eigenvalue weighted by molar-refractivity contribution is 0.0936. The van der Waals surface area contributed by atoms with Crippen LogP contribution in [0.3, 0.4) is 0 Å². The van der Waals surface area contributed by atoms with Crippen LogP contribution in [0.5, 0.6) is 0 Å². The Bertz CT molecular complexity index is 877. The molecule has 2 heterocycles. The molecule has 3 aromatic rings. The van der Waals surface area contributed by atoms with Gasteiger partial charge in [-0.15, -0.1) is 0 Å². The highest BCUT2D eigenvalue weighted by Gasteiger charge is 2.13. The lowest BCUT2D eigenvalue weighted by Gasteiger charge is -2.14. The molecule has 0 fully saturated rings. The fourth-order valence-corrected chi connectivity index (χ4v) is 2.99. The van der Waals surface area contributed by atoms with Crippen LogP contribution in [-0.2, 0) is 13.1 Å². The number of aryl methyl sites for hydroxylation is 3. The molecule has 0 aliphatic carbocycles. The standard InChI is InChI=1S/C18H23N5O/c1-5-23-14(4)20-16-10-15(6-7-17(16)23)18(24)19-13(3)11-22-9-8-12(2)21-22/h6-10,13H,5,11H2,1-4H3,(H,19,24). The molecule has 6 heteroatoms. The van der Waals surface area contributed by atoms with Crippen LogP contribution in [0.15, 0.2) is 30.5 Å². The predicted molar refractivity (Wildman–Crippen MR) is 94.0 cm³/mol. The van der Waals surface area contributed by atoms with Crippen molar-refractivity contribution < 1.29 is 4.79 Å². The van der Waals surface area contributed by atoms with E-state index < -0.39 is 0 Å². The van der Waals surface area contributed by atoms with Crippen LogP contribution in [0.1, 0.15) is 35.7 Å². The lowest BCUT2D eigenvalue weighted by atomic mass is 10.1. The van der Waals surface area contributed by atoms with E-state index >= 15 is 0 Å². The van der Waals surface area contributed by atoms with Gasteiger partial charge in [0, 0.05) is 24.3 Å². The number of benzene rings is 1. The Labute approximate surface area is 141 Å². The van der Waals surface area contributed by atoms with Crippen molar-refractivity contribution in [3.05, 3.63) is 47.5 Å². The van der Waals surface area contributed by atoms with Crippen LogP contribution < -0.4 is 5.32 Å². The molecule has 1 N–H and O–H groups in total. The highest BCUT2D eigenvalue weighted by atomic mass is 16.1. The van der Waals surface area contributed by atoms with Crippen molar-refractivity contribution in [3.8, 4) is 0 Å². The van der Waals surface area contributed by atoms with Gasteiger partial charge in [-0.25, -0.2) is 4.98 Å². The van der Waals surface area contributed by atoms with Gasteiger partial charge in [-0.3, -0.25) is 9.48 Å². The molecule has 0 bridgehead atoms. The molecular weight excluding hydrogens is 302 g/mol. The van der Waals surface area contributed by atoms with E-state index in [1.165, 1.54) is 0 Å². The number of aromatic nitrogens is 4. The molecule has 6 nitrogen and oxygen atoms in total. The molecule has 126 valence electrons. The van der Waals surface area contributed by atoms with Gasteiger partial charge in [-0.1, -0.05) is 0 Å². The highest BCUT2D eigenvalue weighted by Crippen LogP contribution is 2.17. The molecule has 1 amide bonds. The van der Waals surface area contributed by atoms with E-state index in [4.69, 9.17) is 0 Å². The minimum Gasteiger partial charge on any atom is -0.348 e. The highest BCUT2D eigenvalue weighted by molar-refractivity contribution is 5.97. The van der Waals surface area contributed by atoms with Crippen LogP contribution in [0.4, 0.5) is 0 Å². The molecule has 1 atom stereocenters. The van der Waals surface area contributed by atoms with Crippen LogP contribution in [-0.4, -0.2) is 31.3 Å². The molecule has 24 heavy (non-hydrogen) atoms. The topological polar surface area (TPSA) is 64.7 Å². The maximum atomic E-state index is 12.5. The van der Waals surface area contributed by atoms with Gasteiger partial charge >= 0.3 is 0 Å². The number of amides is 1. The third-order valence-corrected chi connectivity index (χ3v) is 4.13. The summed E-state index contributed by atoms with van der Waals surface area (Å²) >= 11 is 0. The molecular formula is C18H23N5O. The first-order valence-corrected chi connectivity index (χ1v) is 8.25. The van der Waals surface area contributed by atoms with E-state index in [0.29, 0.717) is 12.1 Å². The maximum Gasteiger partial charge on any atom is 0.251 e. The van der Waals surface area contributed by atoms with Crippen molar-refractivity contribution in [1.82, 2.24) is 24.6 Å². The first-order chi connectivity index (χ1) is 11.5. The van der Waals surface area contributed by atoms with Crippen molar-refractivity contribution >= 4 is 16.9 Å². The fraction of sp³-hybridized carbons (Fsp3) is 0.389. The van der Waals surface area contributed by atoms with Gasteiger partial charge in [0.1, 0.15) is 5.82 Å².